The molecule has 2 aromatic heterocycles. The van der Waals surface area contributed by atoms with Crippen LogP contribution in [0.3, 0.4) is 0 Å². The standard InChI is InChI=1S/C14H17N3/c1-10-7-12(9-16-8-10)14(15-3)13-11(2)5-4-6-17-13/h4-9,14-15H,1-3H3. The predicted octanol–water partition coefficient (Wildman–Crippen LogP) is 2.40. The lowest BCUT2D eigenvalue weighted by molar-refractivity contribution is 0.662. The highest BCUT2D eigenvalue weighted by atomic mass is 14.9. The Morgan fingerprint density at radius 2 is 2.06 bits per heavy atom. The van der Waals surface area contributed by atoms with Crippen LogP contribution in [0.5, 0.6) is 0 Å². The van der Waals surface area contributed by atoms with Gasteiger partial charge in [-0.05, 0) is 43.7 Å². The summed E-state index contributed by atoms with van der Waals surface area (Å²) in [5.74, 6) is 0. The number of nitrogens with one attached hydrogen (secondary N) is 1. The van der Waals surface area contributed by atoms with Gasteiger partial charge < -0.3 is 5.32 Å². The Bertz CT molecular complexity index is 508. The van der Waals surface area contributed by atoms with E-state index in [-0.39, 0.29) is 6.04 Å². The van der Waals surface area contributed by atoms with Crippen LogP contribution < -0.4 is 5.32 Å². The molecule has 3 heteroatoms. The van der Waals surface area contributed by atoms with Gasteiger partial charge in [0, 0.05) is 18.6 Å². The zero-order valence-electron chi connectivity index (χ0n) is 10.4. The molecule has 0 aliphatic heterocycles. The molecule has 0 radical (unpaired) electrons. The summed E-state index contributed by atoms with van der Waals surface area (Å²) in [6.07, 6.45) is 5.58. The van der Waals surface area contributed by atoms with E-state index in [9.17, 15) is 0 Å². The number of aryl methyl sites for hydroxylation is 2. The molecule has 2 rings (SSSR count). The van der Waals surface area contributed by atoms with E-state index in [1.165, 1.54) is 5.56 Å². The van der Waals surface area contributed by atoms with E-state index in [1.807, 2.05) is 31.7 Å². The fourth-order valence-electron chi connectivity index (χ4n) is 2.00. The number of nitrogens with zero attached hydrogens (tertiary/aromatic N) is 2. The van der Waals surface area contributed by atoms with Crippen LogP contribution in [0.4, 0.5) is 0 Å². The average molecular weight is 227 g/mol. The van der Waals surface area contributed by atoms with Crippen molar-refractivity contribution in [2.75, 3.05) is 7.05 Å². The molecular formula is C14H17N3. The first-order chi connectivity index (χ1) is 8.22. The Kier molecular flexibility index (Phi) is 3.49. The molecule has 0 aliphatic rings. The number of hydrogen-bond acceptors (Lipinski definition) is 3. The van der Waals surface area contributed by atoms with Crippen LogP contribution in [0, 0.1) is 13.8 Å². The number of aromatic nitrogens is 2. The largest absolute Gasteiger partial charge is 0.308 e. The number of pyridine rings is 2. The summed E-state index contributed by atoms with van der Waals surface area (Å²) in [5, 5.41) is 3.30. The van der Waals surface area contributed by atoms with Crippen molar-refractivity contribution in [1.29, 1.82) is 0 Å². The lowest BCUT2D eigenvalue weighted by Gasteiger charge is -2.18. The van der Waals surface area contributed by atoms with E-state index in [1.54, 1.807) is 0 Å². The Morgan fingerprint density at radius 1 is 1.24 bits per heavy atom. The van der Waals surface area contributed by atoms with Gasteiger partial charge in [0.2, 0.25) is 0 Å². The first kappa shape index (κ1) is 11.7. The normalized spacial score (nSPS) is 12.4. The van der Waals surface area contributed by atoms with E-state index in [0.717, 1.165) is 16.8 Å². The second-order valence-electron chi connectivity index (χ2n) is 4.22. The van der Waals surface area contributed by atoms with Gasteiger partial charge in [0.1, 0.15) is 0 Å². The van der Waals surface area contributed by atoms with Crippen LogP contribution in [0.15, 0.2) is 36.8 Å². The Labute approximate surface area is 102 Å². The fourth-order valence-corrected chi connectivity index (χ4v) is 2.00. The third-order valence-corrected chi connectivity index (χ3v) is 2.84. The monoisotopic (exact) mass is 227 g/mol. The average Bonchev–Trinajstić information content (AvgIpc) is 2.33. The number of rotatable bonds is 3. The summed E-state index contributed by atoms with van der Waals surface area (Å²) in [4.78, 5) is 8.71. The van der Waals surface area contributed by atoms with Gasteiger partial charge in [-0.2, -0.15) is 0 Å². The first-order valence-corrected chi connectivity index (χ1v) is 5.72. The molecule has 0 spiro atoms. The minimum absolute atomic E-state index is 0.101. The Balaban J connectivity index is 2.44. The molecular weight excluding hydrogens is 210 g/mol. The van der Waals surface area contributed by atoms with E-state index in [0.29, 0.717) is 0 Å². The van der Waals surface area contributed by atoms with Gasteiger partial charge in [-0.25, -0.2) is 0 Å². The summed E-state index contributed by atoms with van der Waals surface area (Å²) >= 11 is 0. The summed E-state index contributed by atoms with van der Waals surface area (Å²) in [6, 6.07) is 6.28. The third-order valence-electron chi connectivity index (χ3n) is 2.84. The highest BCUT2D eigenvalue weighted by Gasteiger charge is 2.15. The van der Waals surface area contributed by atoms with Gasteiger partial charge in [0.05, 0.1) is 11.7 Å². The van der Waals surface area contributed by atoms with E-state index in [2.05, 4.69) is 41.3 Å². The highest BCUT2D eigenvalue weighted by Crippen LogP contribution is 2.22. The first-order valence-electron chi connectivity index (χ1n) is 5.72. The second-order valence-corrected chi connectivity index (χ2v) is 4.22. The minimum Gasteiger partial charge on any atom is -0.308 e. The second kappa shape index (κ2) is 5.06. The lowest BCUT2D eigenvalue weighted by Crippen LogP contribution is -2.20. The molecule has 0 fully saturated rings. The minimum atomic E-state index is 0.101. The van der Waals surface area contributed by atoms with Crippen LogP contribution in [-0.4, -0.2) is 17.0 Å². The predicted molar refractivity (Wildman–Crippen MR) is 68.9 cm³/mol. The van der Waals surface area contributed by atoms with Crippen molar-refractivity contribution < 1.29 is 0 Å². The van der Waals surface area contributed by atoms with Crippen LogP contribution in [0.1, 0.15) is 28.4 Å². The van der Waals surface area contributed by atoms with Crippen LogP contribution >= 0.6 is 0 Å². The van der Waals surface area contributed by atoms with Gasteiger partial charge in [-0.15, -0.1) is 0 Å². The fraction of sp³-hybridized carbons (Fsp3) is 0.286. The summed E-state index contributed by atoms with van der Waals surface area (Å²) in [7, 11) is 1.95. The highest BCUT2D eigenvalue weighted by molar-refractivity contribution is 5.32. The molecule has 0 bridgehead atoms. The molecule has 17 heavy (non-hydrogen) atoms. The zero-order chi connectivity index (χ0) is 12.3. The van der Waals surface area contributed by atoms with Gasteiger partial charge in [0.25, 0.3) is 0 Å². The Morgan fingerprint density at radius 3 is 2.71 bits per heavy atom. The van der Waals surface area contributed by atoms with Crippen molar-refractivity contribution >= 4 is 0 Å². The summed E-state index contributed by atoms with van der Waals surface area (Å²) in [6.45, 7) is 4.13. The SMILES string of the molecule is CNC(c1cncc(C)c1)c1ncccc1C. The van der Waals surface area contributed by atoms with Crippen LogP contribution in [0.25, 0.3) is 0 Å². The van der Waals surface area contributed by atoms with E-state index in [4.69, 9.17) is 0 Å². The van der Waals surface area contributed by atoms with E-state index < -0.39 is 0 Å². The molecule has 2 heterocycles. The van der Waals surface area contributed by atoms with Crippen molar-refractivity contribution in [2.24, 2.45) is 0 Å². The van der Waals surface area contributed by atoms with Gasteiger partial charge >= 0.3 is 0 Å². The number of hydrogen-bond donors (Lipinski definition) is 1. The third kappa shape index (κ3) is 2.50. The molecule has 0 aliphatic carbocycles. The van der Waals surface area contributed by atoms with Crippen molar-refractivity contribution in [3.63, 3.8) is 0 Å². The van der Waals surface area contributed by atoms with Crippen molar-refractivity contribution in [2.45, 2.75) is 19.9 Å². The van der Waals surface area contributed by atoms with Crippen molar-refractivity contribution in [1.82, 2.24) is 15.3 Å². The van der Waals surface area contributed by atoms with Gasteiger partial charge in [0.15, 0.2) is 0 Å². The maximum atomic E-state index is 4.47. The maximum absolute atomic E-state index is 4.47. The van der Waals surface area contributed by atoms with Crippen molar-refractivity contribution in [3.8, 4) is 0 Å². The molecule has 0 saturated carbocycles. The Hall–Kier alpha value is -1.74. The van der Waals surface area contributed by atoms with Gasteiger partial charge in [-0.1, -0.05) is 12.1 Å². The maximum Gasteiger partial charge on any atom is 0.0766 e. The molecule has 0 amide bonds. The van der Waals surface area contributed by atoms with Crippen LogP contribution in [-0.2, 0) is 0 Å². The molecule has 3 nitrogen and oxygen atoms in total. The topological polar surface area (TPSA) is 37.8 Å². The smallest absolute Gasteiger partial charge is 0.0766 e. The summed E-state index contributed by atoms with van der Waals surface area (Å²) < 4.78 is 0. The molecule has 1 unspecified atom stereocenters. The van der Waals surface area contributed by atoms with Crippen LogP contribution in [0.2, 0.25) is 0 Å². The quantitative estimate of drug-likeness (QED) is 0.875. The van der Waals surface area contributed by atoms with Crippen molar-refractivity contribution in [3.05, 3.63) is 59.2 Å². The molecule has 0 saturated heterocycles. The van der Waals surface area contributed by atoms with Gasteiger partial charge in [-0.3, -0.25) is 9.97 Å². The molecule has 0 aromatic carbocycles. The van der Waals surface area contributed by atoms with E-state index >= 15 is 0 Å². The molecule has 1 atom stereocenters. The molecule has 88 valence electrons. The zero-order valence-corrected chi connectivity index (χ0v) is 10.4. The molecule has 2 aromatic rings. The molecule has 1 N–H and O–H groups in total. The lowest BCUT2D eigenvalue weighted by atomic mass is 10.0. The summed E-state index contributed by atoms with van der Waals surface area (Å²) in [5.41, 5.74) is 4.56.